The molecule has 0 unspecified atom stereocenters. The first-order valence-corrected chi connectivity index (χ1v) is 4.58. The van der Waals surface area contributed by atoms with Crippen LogP contribution in [0.25, 0.3) is 11.4 Å². The Morgan fingerprint density at radius 1 is 1.43 bits per heavy atom. The van der Waals surface area contributed by atoms with Gasteiger partial charge in [0.25, 0.3) is 0 Å². The first-order chi connectivity index (χ1) is 6.90. The van der Waals surface area contributed by atoms with Crippen molar-refractivity contribution in [3.05, 3.63) is 24.5 Å². The largest absolute Gasteiger partial charge is 0.264 e. The van der Waals surface area contributed by atoms with Crippen LogP contribution in [0.5, 0.6) is 0 Å². The van der Waals surface area contributed by atoms with Gasteiger partial charge in [0.15, 0.2) is 0 Å². The minimum atomic E-state index is 0.631. The number of hydrogen-bond acceptors (Lipinski definition) is 4. The van der Waals surface area contributed by atoms with Gasteiger partial charge in [0, 0.05) is 18.0 Å². The standard InChI is InChI=1S/C9H11N5/c1-2-6-14-12-9(11-13-14)8-4-3-5-10-7-8/h3-5,7H,2,6H2,1H3. The van der Waals surface area contributed by atoms with Crippen LogP contribution in [0.15, 0.2) is 24.5 Å². The van der Waals surface area contributed by atoms with E-state index < -0.39 is 0 Å². The number of tetrazole rings is 1. The van der Waals surface area contributed by atoms with E-state index in [4.69, 9.17) is 0 Å². The summed E-state index contributed by atoms with van der Waals surface area (Å²) < 4.78 is 0. The molecule has 0 N–H and O–H groups in total. The fourth-order valence-electron chi connectivity index (χ4n) is 1.15. The van der Waals surface area contributed by atoms with Crippen molar-refractivity contribution < 1.29 is 0 Å². The SMILES string of the molecule is CCCn1nnc(-c2cccnc2)n1. The molecule has 0 amide bonds. The molecule has 5 heteroatoms. The van der Waals surface area contributed by atoms with Crippen LogP contribution in [0.2, 0.25) is 0 Å². The van der Waals surface area contributed by atoms with E-state index in [0.717, 1.165) is 18.5 Å². The summed E-state index contributed by atoms with van der Waals surface area (Å²) in [6.45, 7) is 2.88. The quantitative estimate of drug-likeness (QED) is 0.726. The molecule has 0 spiro atoms. The average Bonchev–Trinajstić information content (AvgIpc) is 2.68. The summed E-state index contributed by atoms with van der Waals surface area (Å²) in [6, 6.07) is 3.77. The smallest absolute Gasteiger partial charge is 0.206 e. The Kier molecular flexibility index (Phi) is 2.48. The molecule has 0 aliphatic heterocycles. The highest BCUT2D eigenvalue weighted by Gasteiger charge is 2.03. The van der Waals surface area contributed by atoms with Crippen molar-refractivity contribution in [3.8, 4) is 11.4 Å². The summed E-state index contributed by atoms with van der Waals surface area (Å²) >= 11 is 0. The Labute approximate surface area is 81.8 Å². The molecule has 0 aromatic carbocycles. The Balaban J connectivity index is 2.25. The van der Waals surface area contributed by atoms with Gasteiger partial charge in [0.05, 0.1) is 6.54 Å². The molecule has 2 aromatic heterocycles. The topological polar surface area (TPSA) is 56.5 Å². The van der Waals surface area contributed by atoms with Gasteiger partial charge in [-0.2, -0.15) is 4.80 Å². The van der Waals surface area contributed by atoms with Crippen LogP contribution >= 0.6 is 0 Å². The molecule has 0 bridgehead atoms. The number of pyridine rings is 1. The molecule has 0 aliphatic rings. The zero-order valence-corrected chi connectivity index (χ0v) is 7.96. The van der Waals surface area contributed by atoms with Crippen molar-refractivity contribution in [2.75, 3.05) is 0 Å². The molecule has 0 fully saturated rings. The Bertz CT molecular complexity index is 395. The van der Waals surface area contributed by atoms with E-state index in [-0.39, 0.29) is 0 Å². The van der Waals surface area contributed by atoms with Gasteiger partial charge in [-0.3, -0.25) is 4.98 Å². The number of rotatable bonds is 3. The second kappa shape index (κ2) is 3.95. The zero-order chi connectivity index (χ0) is 9.80. The van der Waals surface area contributed by atoms with Crippen molar-refractivity contribution in [1.82, 2.24) is 25.2 Å². The molecule has 2 aromatic rings. The van der Waals surface area contributed by atoms with E-state index >= 15 is 0 Å². The first-order valence-electron chi connectivity index (χ1n) is 4.58. The lowest BCUT2D eigenvalue weighted by Gasteiger charge is -1.92. The summed E-state index contributed by atoms with van der Waals surface area (Å²) in [5, 5.41) is 12.1. The van der Waals surface area contributed by atoms with Crippen molar-refractivity contribution in [3.63, 3.8) is 0 Å². The van der Waals surface area contributed by atoms with Gasteiger partial charge in [-0.1, -0.05) is 6.92 Å². The predicted molar refractivity (Wildman–Crippen MR) is 51.3 cm³/mol. The molecule has 0 aliphatic carbocycles. The van der Waals surface area contributed by atoms with Gasteiger partial charge in [-0.15, -0.1) is 10.2 Å². The van der Waals surface area contributed by atoms with E-state index in [1.165, 1.54) is 0 Å². The fourth-order valence-corrected chi connectivity index (χ4v) is 1.15. The molecular weight excluding hydrogens is 178 g/mol. The normalized spacial score (nSPS) is 10.4. The molecule has 0 saturated heterocycles. The fraction of sp³-hybridized carbons (Fsp3) is 0.333. The van der Waals surface area contributed by atoms with Crippen molar-refractivity contribution >= 4 is 0 Å². The number of aryl methyl sites for hydroxylation is 1. The monoisotopic (exact) mass is 189 g/mol. The average molecular weight is 189 g/mol. The third-order valence-electron chi connectivity index (χ3n) is 1.80. The zero-order valence-electron chi connectivity index (χ0n) is 7.96. The van der Waals surface area contributed by atoms with E-state index in [1.807, 2.05) is 12.1 Å². The summed E-state index contributed by atoms with van der Waals surface area (Å²) in [7, 11) is 0. The van der Waals surface area contributed by atoms with Crippen molar-refractivity contribution in [1.29, 1.82) is 0 Å². The van der Waals surface area contributed by atoms with Gasteiger partial charge >= 0.3 is 0 Å². The van der Waals surface area contributed by atoms with Crippen LogP contribution in [0, 0.1) is 0 Å². The third-order valence-corrected chi connectivity index (χ3v) is 1.80. The molecule has 2 rings (SSSR count). The van der Waals surface area contributed by atoms with E-state index in [2.05, 4.69) is 27.3 Å². The van der Waals surface area contributed by atoms with E-state index in [0.29, 0.717) is 5.82 Å². The first kappa shape index (κ1) is 8.80. The summed E-state index contributed by atoms with van der Waals surface area (Å²) in [5.41, 5.74) is 0.898. The van der Waals surface area contributed by atoms with Gasteiger partial charge in [0.1, 0.15) is 0 Å². The number of aromatic nitrogens is 5. The van der Waals surface area contributed by atoms with Crippen LogP contribution in [-0.2, 0) is 6.54 Å². The maximum absolute atomic E-state index is 4.22. The van der Waals surface area contributed by atoms with Crippen molar-refractivity contribution in [2.24, 2.45) is 0 Å². The Hall–Kier alpha value is -1.78. The molecule has 72 valence electrons. The maximum Gasteiger partial charge on any atom is 0.206 e. The Morgan fingerprint density at radius 3 is 3.07 bits per heavy atom. The summed E-state index contributed by atoms with van der Waals surface area (Å²) in [6.07, 6.45) is 4.45. The van der Waals surface area contributed by atoms with Gasteiger partial charge < -0.3 is 0 Å². The second-order valence-electron chi connectivity index (χ2n) is 2.95. The lowest BCUT2D eigenvalue weighted by atomic mass is 10.3. The van der Waals surface area contributed by atoms with Gasteiger partial charge in [0.2, 0.25) is 5.82 Å². The highest BCUT2D eigenvalue weighted by atomic mass is 15.6. The number of nitrogens with zero attached hydrogens (tertiary/aromatic N) is 5. The Morgan fingerprint density at radius 2 is 2.36 bits per heavy atom. The third kappa shape index (κ3) is 1.76. The summed E-state index contributed by atoms with van der Waals surface area (Å²) in [4.78, 5) is 5.60. The van der Waals surface area contributed by atoms with E-state index in [1.54, 1.807) is 17.2 Å². The lowest BCUT2D eigenvalue weighted by molar-refractivity contribution is 0.515. The molecule has 2 heterocycles. The number of hydrogen-bond donors (Lipinski definition) is 0. The summed E-state index contributed by atoms with van der Waals surface area (Å²) in [5.74, 6) is 0.631. The van der Waals surface area contributed by atoms with Gasteiger partial charge in [-0.25, -0.2) is 0 Å². The highest BCUT2D eigenvalue weighted by Crippen LogP contribution is 2.09. The second-order valence-corrected chi connectivity index (χ2v) is 2.95. The maximum atomic E-state index is 4.22. The molecule has 0 saturated carbocycles. The van der Waals surface area contributed by atoms with Crippen LogP contribution in [0.4, 0.5) is 0 Å². The predicted octanol–water partition coefficient (Wildman–Crippen LogP) is 1.15. The molecule has 0 atom stereocenters. The molecular formula is C9H11N5. The lowest BCUT2D eigenvalue weighted by Crippen LogP contribution is -2.00. The van der Waals surface area contributed by atoms with Crippen molar-refractivity contribution in [2.45, 2.75) is 19.9 Å². The van der Waals surface area contributed by atoms with Crippen LogP contribution in [0.3, 0.4) is 0 Å². The minimum absolute atomic E-state index is 0.631. The van der Waals surface area contributed by atoms with E-state index in [9.17, 15) is 0 Å². The molecule has 0 radical (unpaired) electrons. The van der Waals surface area contributed by atoms with Crippen LogP contribution in [0.1, 0.15) is 13.3 Å². The molecule has 5 nitrogen and oxygen atoms in total. The highest BCUT2D eigenvalue weighted by molar-refractivity contribution is 5.51. The van der Waals surface area contributed by atoms with Crippen LogP contribution in [-0.4, -0.2) is 25.2 Å². The molecule has 14 heavy (non-hydrogen) atoms. The minimum Gasteiger partial charge on any atom is -0.264 e. The van der Waals surface area contributed by atoms with Gasteiger partial charge in [-0.05, 0) is 23.8 Å². The van der Waals surface area contributed by atoms with Crippen LogP contribution < -0.4 is 0 Å².